The fraction of sp³-hybridized carbons (Fsp3) is 0.682. The zero-order chi connectivity index (χ0) is 21.6. The molecule has 2 aromatic heterocycles. The second-order valence-corrected chi connectivity index (χ2v) is 11.0. The lowest BCUT2D eigenvalue weighted by Gasteiger charge is -2.31. The summed E-state index contributed by atoms with van der Waals surface area (Å²) >= 11 is -1.10. The number of rotatable bonds is 5. The van der Waals surface area contributed by atoms with Crippen molar-refractivity contribution in [3.8, 4) is 0 Å². The molecule has 0 amide bonds. The van der Waals surface area contributed by atoms with Crippen molar-refractivity contribution in [3.05, 3.63) is 23.0 Å². The number of aliphatic hydroxyl groups excluding tert-OH is 1. The molecule has 0 spiro atoms. The highest BCUT2D eigenvalue weighted by Crippen LogP contribution is 2.36. The van der Waals surface area contributed by atoms with Gasteiger partial charge in [-0.3, -0.25) is 0 Å². The number of hydrogen-bond donors (Lipinski definition) is 2. The zero-order valence-corrected chi connectivity index (χ0v) is 19.1. The topological polar surface area (TPSA) is 110 Å². The molecule has 0 saturated carbocycles. The lowest BCUT2D eigenvalue weighted by molar-refractivity contribution is 0.233. The number of oxazole rings is 1. The summed E-state index contributed by atoms with van der Waals surface area (Å²) in [5.41, 5.74) is 1.48. The van der Waals surface area contributed by atoms with E-state index in [0.717, 1.165) is 56.1 Å². The minimum absolute atomic E-state index is 0.0424. The van der Waals surface area contributed by atoms with Crippen molar-refractivity contribution in [2.75, 3.05) is 35.7 Å². The summed E-state index contributed by atoms with van der Waals surface area (Å²) in [7, 11) is 0. The van der Waals surface area contributed by atoms with Gasteiger partial charge in [-0.2, -0.15) is 4.98 Å². The van der Waals surface area contributed by atoms with Crippen molar-refractivity contribution >= 4 is 22.9 Å². The Balaban J connectivity index is 1.34. The van der Waals surface area contributed by atoms with Gasteiger partial charge in [0.05, 0.1) is 17.8 Å². The number of fused-ring (bicyclic) bond motifs is 2. The van der Waals surface area contributed by atoms with Crippen LogP contribution in [-0.4, -0.2) is 55.6 Å². The number of aromatic nitrogens is 3. The first-order chi connectivity index (χ1) is 14.9. The first-order valence-corrected chi connectivity index (χ1v) is 12.7. The lowest BCUT2D eigenvalue weighted by atomic mass is 9.97. The molecule has 2 N–H and O–H groups in total. The normalized spacial score (nSPS) is 21.8. The Labute approximate surface area is 186 Å². The van der Waals surface area contributed by atoms with Crippen LogP contribution in [0.4, 0.5) is 11.8 Å². The minimum atomic E-state index is -1.10. The number of hydrogen-bond acceptors (Lipinski definition) is 8. The Morgan fingerprint density at radius 1 is 1.13 bits per heavy atom. The molecule has 0 radical (unpaired) electrons. The van der Waals surface area contributed by atoms with E-state index in [1.54, 1.807) is 0 Å². The van der Waals surface area contributed by atoms with E-state index in [2.05, 4.69) is 10.2 Å². The molecule has 2 aliphatic heterocycles. The summed E-state index contributed by atoms with van der Waals surface area (Å²) in [5, 5.41) is 13.0. The Kier molecular flexibility index (Phi) is 5.60. The van der Waals surface area contributed by atoms with Crippen molar-refractivity contribution < 1.29 is 14.1 Å². The van der Waals surface area contributed by atoms with E-state index in [1.165, 1.54) is 18.5 Å². The van der Waals surface area contributed by atoms with E-state index in [0.29, 0.717) is 34.8 Å². The number of anilines is 2. The number of nitrogens with zero attached hydrogens (tertiary/aromatic N) is 4. The van der Waals surface area contributed by atoms with Gasteiger partial charge in [0, 0.05) is 31.8 Å². The van der Waals surface area contributed by atoms with Crippen LogP contribution in [0.2, 0.25) is 0 Å². The Bertz CT molecular complexity index is 931. The van der Waals surface area contributed by atoms with Gasteiger partial charge >= 0.3 is 0 Å². The fourth-order valence-corrected chi connectivity index (χ4v) is 5.95. The monoisotopic (exact) mass is 445 g/mol. The summed E-state index contributed by atoms with van der Waals surface area (Å²) in [6.07, 6.45) is 7.08. The van der Waals surface area contributed by atoms with Gasteiger partial charge in [-0.05, 0) is 57.1 Å². The third-order valence-electron chi connectivity index (χ3n) is 6.52. The molecule has 31 heavy (non-hydrogen) atoms. The summed E-state index contributed by atoms with van der Waals surface area (Å²) in [6, 6.07) is 0. The van der Waals surface area contributed by atoms with Crippen LogP contribution in [0, 0.1) is 0 Å². The van der Waals surface area contributed by atoms with Crippen molar-refractivity contribution in [1.29, 1.82) is 0 Å². The summed E-state index contributed by atoms with van der Waals surface area (Å²) in [5.74, 6) is 4.20. The van der Waals surface area contributed by atoms with E-state index in [4.69, 9.17) is 19.4 Å². The van der Waals surface area contributed by atoms with Crippen LogP contribution in [-0.2, 0) is 30.4 Å². The maximum atomic E-state index is 12.5. The van der Waals surface area contributed by atoms with E-state index in [1.807, 2.05) is 13.8 Å². The second-order valence-electron chi connectivity index (χ2n) is 9.51. The summed E-state index contributed by atoms with van der Waals surface area (Å²) in [4.78, 5) is 17.3. The molecule has 3 aliphatic rings. The quantitative estimate of drug-likeness (QED) is 0.676. The molecule has 1 fully saturated rings. The maximum absolute atomic E-state index is 12.5. The zero-order valence-electron chi connectivity index (χ0n) is 18.3. The van der Waals surface area contributed by atoms with Gasteiger partial charge in [0.1, 0.15) is 17.2 Å². The largest absolute Gasteiger partial charge is 0.611 e. The standard InChI is InChI=1S/C22H31N5O3S/c1-22(2,13-28)26-19-18-16(9-12-31(18)29)24-21(25-19)27-10-7-14(8-11-27)20-23-15-5-3-4-6-17(15)30-20/h14,28H,3-13H2,1-2H3,(H,24,25,26). The minimum Gasteiger partial charge on any atom is -0.611 e. The Hall–Kier alpha value is -1.84. The van der Waals surface area contributed by atoms with Crippen LogP contribution < -0.4 is 10.2 Å². The lowest BCUT2D eigenvalue weighted by Crippen LogP contribution is -2.37. The maximum Gasteiger partial charge on any atom is 0.227 e. The number of aliphatic hydroxyl groups is 1. The molecule has 1 aliphatic carbocycles. The van der Waals surface area contributed by atoms with E-state index in [-0.39, 0.29) is 6.61 Å². The Morgan fingerprint density at radius 3 is 2.65 bits per heavy atom. The van der Waals surface area contributed by atoms with Crippen LogP contribution in [0.3, 0.4) is 0 Å². The molecule has 2 aromatic rings. The smallest absolute Gasteiger partial charge is 0.227 e. The average Bonchev–Trinajstić information content (AvgIpc) is 3.37. The van der Waals surface area contributed by atoms with E-state index in [9.17, 15) is 9.66 Å². The molecular weight excluding hydrogens is 414 g/mol. The number of piperidine rings is 1. The van der Waals surface area contributed by atoms with E-state index >= 15 is 0 Å². The first-order valence-electron chi connectivity index (χ1n) is 11.4. The molecule has 1 atom stereocenters. The molecule has 5 rings (SSSR count). The van der Waals surface area contributed by atoms with Gasteiger partial charge in [-0.25, -0.2) is 9.97 Å². The van der Waals surface area contributed by atoms with Crippen molar-refractivity contribution in [1.82, 2.24) is 15.0 Å². The molecule has 0 aromatic carbocycles. The molecule has 1 saturated heterocycles. The van der Waals surface area contributed by atoms with E-state index < -0.39 is 16.7 Å². The molecular formula is C22H31N5O3S. The second kappa shape index (κ2) is 8.26. The summed E-state index contributed by atoms with van der Waals surface area (Å²) < 4.78 is 18.6. The van der Waals surface area contributed by atoms with Gasteiger partial charge in [0.2, 0.25) is 10.8 Å². The summed E-state index contributed by atoms with van der Waals surface area (Å²) in [6.45, 7) is 5.44. The van der Waals surface area contributed by atoms with Crippen LogP contribution in [0.25, 0.3) is 0 Å². The number of aryl methyl sites for hydroxylation is 3. The number of nitrogens with one attached hydrogen (secondary N) is 1. The van der Waals surface area contributed by atoms with Crippen molar-refractivity contribution in [2.24, 2.45) is 0 Å². The Morgan fingerprint density at radius 2 is 1.90 bits per heavy atom. The highest BCUT2D eigenvalue weighted by Gasteiger charge is 2.35. The van der Waals surface area contributed by atoms with Crippen LogP contribution in [0.5, 0.6) is 0 Å². The molecule has 0 bridgehead atoms. The molecule has 1 unspecified atom stereocenters. The third-order valence-corrected chi connectivity index (χ3v) is 7.98. The van der Waals surface area contributed by atoms with Crippen LogP contribution >= 0.6 is 0 Å². The molecule has 9 heteroatoms. The third kappa shape index (κ3) is 4.15. The van der Waals surface area contributed by atoms with Crippen LogP contribution in [0.1, 0.15) is 68.5 Å². The predicted molar refractivity (Wildman–Crippen MR) is 119 cm³/mol. The molecule has 4 heterocycles. The molecule has 8 nitrogen and oxygen atoms in total. The van der Waals surface area contributed by atoms with Crippen molar-refractivity contribution in [2.45, 2.75) is 75.1 Å². The fourth-order valence-electron chi connectivity index (χ4n) is 4.64. The van der Waals surface area contributed by atoms with Gasteiger partial charge in [0.15, 0.2) is 11.7 Å². The van der Waals surface area contributed by atoms with Gasteiger partial charge in [0.25, 0.3) is 0 Å². The SMILES string of the molecule is CC(C)(CO)Nc1nc(N2CCC(c3nc4c(o3)CCCC4)CC2)nc2c1[S+]([O-])CC2. The average molecular weight is 446 g/mol. The first kappa shape index (κ1) is 21.0. The highest BCUT2D eigenvalue weighted by molar-refractivity contribution is 7.91. The highest BCUT2D eigenvalue weighted by atomic mass is 32.2. The van der Waals surface area contributed by atoms with Crippen LogP contribution in [0.15, 0.2) is 9.31 Å². The predicted octanol–water partition coefficient (Wildman–Crippen LogP) is 2.57. The van der Waals surface area contributed by atoms with Crippen molar-refractivity contribution in [3.63, 3.8) is 0 Å². The molecule has 168 valence electrons. The van der Waals surface area contributed by atoms with Gasteiger partial charge in [-0.1, -0.05) is 0 Å². The van der Waals surface area contributed by atoms with Gasteiger partial charge in [-0.15, -0.1) is 0 Å². The van der Waals surface area contributed by atoms with Gasteiger partial charge < -0.3 is 24.3 Å².